The maximum atomic E-state index is 12.7. The van der Waals surface area contributed by atoms with Gasteiger partial charge in [0.1, 0.15) is 6.54 Å². The molecule has 0 unspecified atom stereocenters. The largest absolute Gasteiger partial charge is 0.465 e. The van der Waals surface area contributed by atoms with Crippen LogP contribution in [0.4, 0.5) is 0 Å². The van der Waals surface area contributed by atoms with Gasteiger partial charge >= 0.3 is 5.97 Å². The Kier molecular flexibility index (Phi) is 5.99. The molecule has 29 heavy (non-hydrogen) atoms. The highest BCUT2D eigenvalue weighted by molar-refractivity contribution is 7.90. The third kappa shape index (κ3) is 4.63. The lowest BCUT2D eigenvalue weighted by Crippen LogP contribution is -2.23. The maximum Gasteiger partial charge on any atom is 0.326 e. The topological polar surface area (TPSA) is 94.8 Å². The highest BCUT2D eigenvalue weighted by Gasteiger charge is 2.16. The number of aromatic nitrogens is 1. The smallest absolute Gasteiger partial charge is 0.326 e. The van der Waals surface area contributed by atoms with Crippen LogP contribution in [0.3, 0.4) is 0 Å². The number of amides is 1. The van der Waals surface area contributed by atoms with Crippen LogP contribution >= 0.6 is 11.3 Å². The summed E-state index contributed by atoms with van der Waals surface area (Å²) in [7, 11) is -3.39. The van der Waals surface area contributed by atoms with Gasteiger partial charge in [-0.2, -0.15) is 4.99 Å². The number of hydrogen-bond donors (Lipinski definition) is 0. The van der Waals surface area contributed by atoms with Crippen LogP contribution in [0.15, 0.2) is 52.4 Å². The van der Waals surface area contributed by atoms with E-state index < -0.39 is 21.7 Å². The molecule has 0 aliphatic heterocycles. The first-order valence-electron chi connectivity index (χ1n) is 8.84. The molecule has 0 saturated carbocycles. The van der Waals surface area contributed by atoms with Crippen LogP contribution in [0.5, 0.6) is 0 Å². The molecule has 0 aliphatic carbocycles. The highest BCUT2D eigenvalue weighted by atomic mass is 32.2. The van der Waals surface area contributed by atoms with Gasteiger partial charge in [-0.3, -0.25) is 9.59 Å². The van der Waals surface area contributed by atoms with E-state index in [0.717, 1.165) is 23.2 Å². The molecule has 0 fully saturated rings. The van der Waals surface area contributed by atoms with Gasteiger partial charge in [0.05, 0.1) is 21.7 Å². The summed E-state index contributed by atoms with van der Waals surface area (Å²) in [5.74, 6) is -0.903. The molecule has 3 rings (SSSR count). The Morgan fingerprint density at radius 1 is 1.17 bits per heavy atom. The quantitative estimate of drug-likeness (QED) is 0.578. The molecule has 0 spiro atoms. The fraction of sp³-hybridized carbons (Fsp3) is 0.250. The number of nitrogens with zero attached hydrogens (tertiary/aromatic N) is 2. The van der Waals surface area contributed by atoms with Crippen LogP contribution in [0, 0.1) is 6.92 Å². The average Bonchev–Trinajstić information content (AvgIpc) is 2.98. The zero-order valence-corrected chi connectivity index (χ0v) is 17.8. The Balaban J connectivity index is 2.19. The number of rotatable bonds is 5. The number of sulfone groups is 1. The fourth-order valence-electron chi connectivity index (χ4n) is 2.82. The lowest BCUT2D eigenvalue weighted by atomic mass is 10.1. The molecule has 152 valence electrons. The monoisotopic (exact) mass is 432 g/mol. The number of carbonyl (C=O) groups is 2. The molecule has 3 aromatic rings. The summed E-state index contributed by atoms with van der Waals surface area (Å²) in [6, 6.07) is 11.7. The first kappa shape index (κ1) is 20.9. The molecule has 0 aliphatic rings. The first-order valence-corrected chi connectivity index (χ1v) is 11.5. The van der Waals surface area contributed by atoms with E-state index in [-0.39, 0.29) is 18.0 Å². The van der Waals surface area contributed by atoms with Crippen molar-refractivity contribution in [2.45, 2.75) is 25.3 Å². The van der Waals surface area contributed by atoms with Gasteiger partial charge in [0.2, 0.25) is 0 Å². The minimum atomic E-state index is -3.39. The van der Waals surface area contributed by atoms with Crippen molar-refractivity contribution in [2.24, 2.45) is 4.99 Å². The number of hydrogen-bond acceptors (Lipinski definition) is 6. The molecule has 1 aromatic heterocycles. The van der Waals surface area contributed by atoms with Gasteiger partial charge in [0, 0.05) is 11.8 Å². The molecule has 0 atom stereocenters. The summed E-state index contributed by atoms with van der Waals surface area (Å²) in [5, 5.41) is 0. The van der Waals surface area contributed by atoms with Crippen LogP contribution in [0.1, 0.15) is 22.8 Å². The van der Waals surface area contributed by atoms with Gasteiger partial charge in [0.15, 0.2) is 14.6 Å². The predicted molar refractivity (Wildman–Crippen MR) is 111 cm³/mol. The van der Waals surface area contributed by atoms with E-state index in [1.165, 1.54) is 12.1 Å². The van der Waals surface area contributed by atoms with Crippen LogP contribution in [-0.4, -0.2) is 37.7 Å². The summed E-state index contributed by atoms with van der Waals surface area (Å²) in [5.41, 5.74) is 1.86. The van der Waals surface area contributed by atoms with E-state index in [9.17, 15) is 18.0 Å². The molecule has 0 N–H and O–H groups in total. The van der Waals surface area contributed by atoms with Crippen LogP contribution < -0.4 is 4.80 Å². The zero-order chi connectivity index (χ0) is 21.2. The van der Waals surface area contributed by atoms with Crippen LogP contribution in [0.2, 0.25) is 0 Å². The van der Waals surface area contributed by atoms with Gasteiger partial charge in [0.25, 0.3) is 5.91 Å². The van der Waals surface area contributed by atoms with Crippen molar-refractivity contribution in [3.05, 3.63) is 58.4 Å². The minimum absolute atomic E-state index is 0.133. The Morgan fingerprint density at radius 2 is 1.90 bits per heavy atom. The lowest BCUT2D eigenvalue weighted by Gasteiger charge is -2.06. The van der Waals surface area contributed by atoms with Crippen molar-refractivity contribution in [1.82, 2.24) is 4.57 Å². The summed E-state index contributed by atoms with van der Waals surface area (Å²) >= 11 is 1.15. The second kappa shape index (κ2) is 8.30. The number of fused-ring (bicyclic) bond motifs is 1. The molecule has 1 heterocycles. The maximum absolute atomic E-state index is 12.7. The third-order valence-electron chi connectivity index (χ3n) is 4.25. The number of carbonyl (C=O) groups excluding carboxylic acids is 2. The van der Waals surface area contributed by atoms with E-state index in [0.29, 0.717) is 20.6 Å². The zero-order valence-electron chi connectivity index (χ0n) is 16.2. The molecule has 7 nitrogen and oxygen atoms in total. The average molecular weight is 433 g/mol. The Bertz CT molecular complexity index is 1270. The van der Waals surface area contributed by atoms with E-state index in [2.05, 4.69) is 4.99 Å². The van der Waals surface area contributed by atoms with Crippen molar-refractivity contribution in [3.8, 4) is 0 Å². The SMILES string of the molecule is CCOC(=O)Cn1c(=NC(=O)c2ccccc2C)sc2cc(S(C)(=O)=O)ccc21. The predicted octanol–water partition coefficient (Wildman–Crippen LogP) is 2.72. The fourth-order valence-corrected chi connectivity index (χ4v) is 4.61. The number of ether oxygens (including phenoxy) is 1. The van der Waals surface area contributed by atoms with Crippen molar-refractivity contribution in [2.75, 3.05) is 12.9 Å². The number of esters is 1. The van der Waals surface area contributed by atoms with E-state index in [1.54, 1.807) is 29.7 Å². The molecule has 0 bridgehead atoms. The molecule has 1 amide bonds. The van der Waals surface area contributed by atoms with Crippen LogP contribution in [0.25, 0.3) is 10.2 Å². The molecule has 0 saturated heterocycles. The molecule has 0 radical (unpaired) electrons. The molecule has 9 heteroatoms. The van der Waals surface area contributed by atoms with Crippen LogP contribution in [-0.2, 0) is 25.9 Å². The number of thiazole rings is 1. The van der Waals surface area contributed by atoms with Crippen molar-refractivity contribution >= 4 is 43.3 Å². The van der Waals surface area contributed by atoms with Gasteiger partial charge < -0.3 is 9.30 Å². The van der Waals surface area contributed by atoms with Gasteiger partial charge in [-0.15, -0.1) is 0 Å². The normalized spacial score (nSPS) is 12.3. The van der Waals surface area contributed by atoms with Gasteiger partial charge in [-0.1, -0.05) is 29.5 Å². The molecular weight excluding hydrogens is 412 g/mol. The standard InChI is InChI=1S/C20H20N2O5S2/c1-4-27-18(23)12-22-16-10-9-14(29(3,25)26)11-17(16)28-20(22)21-19(24)15-8-6-5-7-13(15)2/h5-11H,4,12H2,1-3H3. The van der Waals surface area contributed by atoms with Crippen molar-refractivity contribution < 1.29 is 22.7 Å². The second-order valence-corrected chi connectivity index (χ2v) is 9.43. The molecule has 2 aromatic carbocycles. The Labute approximate surface area is 172 Å². The van der Waals surface area contributed by atoms with Crippen molar-refractivity contribution in [3.63, 3.8) is 0 Å². The van der Waals surface area contributed by atoms with E-state index in [4.69, 9.17) is 4.74 Å². The number of benzene rings is 2. The van der Waals surface area contributed by atoms with Gasteiger partial charge in [-0.05, 0) is 43.7 Å². The summed E-state index contributed by atoms with van der Waals surface area (Å²) in [6.07, 6.45) is 1.13. The Morgan fingerprint density at radius 3 is 2.55 bits per heavy atom. The lowest BCUT2D eigenvalue weighted by molar-refractivity contribution is -0.143. The Hall–Kier alpha value is -2.78. The number of aryl methyl sites for hydroxylation is 1. The van der Waals surface area contributed by atoms with E-state index >= 15 is 0 Å². The highest BCUT2D eigenvalue weighted by Crippen LogP contribution is 2.22. The minimum Gasteiger partial charge on any atom is -0.465 e. The van der Waals surface area contributed by atoms with E-state index in [1.807, 2.05) is 19.1 Å². The van der Waals surface area contributed by atoms with Gasteiger partial charge in [-0.25, -0.2) is 8.42 Å². The summed E-state index contributed by atoms with van der Waals surface area (Å²) < 4.78 is 31.0. The summed E-state index contributed by atoms with van der Waals surface area (Å²) in [6.45, 7) is 3.62. The molecular formula is C20H20N2O5S2. The summed E-state index contributed by atoms with van der Waals surface area (Å²) in [4.78, 5) is 29.5. The third-order valence-corrected chi connectivity index (χ3v) is 6.40. The second-order valence-electron chi connectivity index (χ2n) is 6.41. The van der Waals surface area contributed by atoms with Crippen molar-refractivity contribution in [1.29, 1.82) is 0 Å². The first-order chi connectivity index (χ1) is 13.7.